The number of rotatable bonds is 5. The van der Waals surface area contributed by atoms with Crippen molar-refractivity contribution in [1.82, 2.24) is 0 Å². The maximum absolute atomic E-state index is 11.0. The molecule has 1 aromatic rings. The van der Waals surface area contributed by atoms with Crippen LogP contribution in [0.3, 0.4) is 0 Å². The first-order valence-corrected chi connectivity index (χ1v) is 7.01. The molecule has 4 N–H and O–H groups in total. The van der Waals surface area contributed by atoms with Gasteiger partial charge in [0.25, 0.3) is 0 Å². The first-order chi connectivity index (χ1) is 7.43. The second-order valence-corrected chi connectivity index (χ2v) is 5.82. The van der Waals surface area contributed by atoms with Gasteiger partial charge in [0.05, 0.1) is 17.6 Å². The largest absolute Gasteiger partial charge is 0.394 e. The van der Waals surface area contributed by atoms with E-state index in [-0.39, 0.29) is 11.5 Å². The quantitative estimate of drug-likeness (QED) is 0.638. The van der Waals surface area contributed by atoms with E-state index < -0.39 is 16.1 Å². The van der Waals surface area contributed by atoms with Gasteiger partial charge in [0.15, 0.2) is 0 Å². The molecule has 1 atom stereocenters. The lowest BCUT2D eigenvalue weighted by atomic mass is 10.4. The van der Waals surface area contributed by atoms with Crippen LogP contribution in [0.4, 0.5) is 0 Å². The summed E-state index contributed by atoms with van der Waals surface area (Å²) in [5, 5.41) is 22.7. The Morgan fingerprint density at radius 2 is 1.88 bits per heavy atom. The van der Waals surface area contributed by atoms with Crippen molar-refractivity contribution >= 4 is 21.8 Å². The van der Waals surface area contributed by atoms with E-state index in [0.717, 1.165) is 4.90 Å². The molecule has 0 amide bonds. The zero-order chi connectivity index (χ0) is 12.2. The van der Waals surface area contributed by atoms with E-state index in [0.29, 0.717) is 5.75 Å². The Morgan fingerprint density at radius 1 is 1.31 bits per heavy atom. The predicted octanol–water partition coefficient (Wildman–Crippen LogP) is -0.221. The van der Waals surface area contributed by atoms with Crippen molar-refractivity contribution in [3.63, 3.8) is 0 Å². The van der Waals surface area contributed by atoms with Gasteiger partial charge in [-0.2, -0.15) is 0 Å². The van der Waals surface area contributed by atoms with Gasteiger partial charge in [0.2, 0.25) is 10.0 Å². The summed E-state index contributed by atoms with van der Waals surface area (Å²) in [5.41, 5.74) is 0. The average Bonchev–Trinajstić information content (AvgIpc) is 2.25. The summed E-state index contributed by atoms with van der Waals surface area (Å²) in [5.74, 6) is 0.352. The number of aliphatic hydroxyl groups excluding tert-OH is 2. The van der Waals surface area contributed by atoms with Crippen LogP contribution in [0.1, 0.15) is 0 Å². The monoisotopic (exact) mass is 263 g/mol. The van der Waals surface area contributed by atoms with Gasteiger partial charge in [-0.15, -0.1) is 11.8 Å². The molecular weight excluding hydrogens is 250 g/mol. The van der Waals surface area contributed by atoms with E-state index in [1.165, 1.54) is 23.9 Å². The molecule has 0 aliphatic carbocycles. The van der Waals surface area contributed by atoms with Crippen LogP contribution < -0.4 is 5.14 Å². The van der Waals surface area contributed by atoms with Crippen molar-refractivity contribution in [2.75, 3.05) is 12.4 Å². The fraction of sp³-hybridized carbons (Fsp3) is 0.333. The van der Waals surface area contributed by atoms with E-state index >= 15 is 0 Å². The molecule has 1 unspecified atom stereocenters. The summed E-state index contributed by atoms with van der Waals surface area (Å²) in [6.45, 7) is -0.289. The van der Waals surface area contributed by atoms with Crippen LogP contribution >= 0.6 is 11.8 Å². The number of hydrogen-bond acceptors (Lipinski definition) is 5. The summed E-state index contributed by atoms with van der Waals surface area (Å²) in [7, 11) is -3.65. The Balaban J connectivity index is 2.66. The second-order valence-electron chi connectivity index (χ2n) is 3.16. The molecule has 0 aromatic heterocycles. The van der Waals surface area contributed by atoms with E-state index in [9.17, 15) is 8.42 Å². The van der Waals surface area contributed by atoms with Gasteiger partial charge in [-0.05, 0) is 24.3 Å². The predicted molar refractivity (Wildman–Crippen MR) is 61.6 cm³/mol. The Labute approximate surface area is 98.3 Å². The number of aliphatic hydroxyl groups is 2. The van der Waals surface area contributed by atoms with Gasteiger partial charge in [-0.1, -0.05) is 0 Å². The van der Waals surface area contributed by atoms with Crippen molar-refractivity contribution in [2.24, 2.45) is 5.14 Å². The molecule has 0 radical (unpaired) electrons. The normalized spacial score (nSPS) is 13.7. The molecule has 1 aromatic carbocycles. The van der Waals surface area contributed by atoms with Gasteiger partial charge < -0.3 is 10.2 Å². The third kappa shape index (κ3) is 4.11. The molecule has 0 spiro atoms. The zero-order valence-corrected chi connectivity index (χ0v) is 10.0. The highest BCUT2D eigenvalue weighted by Gasteiger charge is 2.07. The smallest absolute Gasteiger partial charge is 0.238 e. The Bertz CT molecular complexity index is 429. The minimum Gasteiger partial charge on any atom is -0.394 e. The van der Waals surface area contributed by atoms with Crippen molar-refractivity contribution in [3.05, 3.63) is 24.3 Å². The molecule has 0 fully saturated rings. The maximum Gasteiger partial charge on any atom is 0.238 e. The fourth-order valence-electron chi connectivity index (χ4n) is 0.971. The fourth-order valence-corrected chi connectivity index (χ4v) is 2.30. The van der Waals surface area contributed by atoms with Crippen LogP contribution in [0.2, 0.25) is 0 Å². The number of nitrogens with two attached hydrogens (primary N) is 1. The molecule has 0 aliphatic heterocycles. The third-order valence-electron chi connectivity index (χ3n) is 1.81. The van der Waals surface area contributed by atoms with Gasteiger partial charge in [-0.3, -0.25) is 0 Å². The Kier molecular flexibility index (Phi) is 4.75. The molecule has 5 nitrogen and oxygen atoms in total. The molecule has 0 heterocycles. The summed E-state index contributed by atoms with van der Waals surface area (Å²) >= 11 is 1.33. The summed E-state index contributed by atoms with van der Waals surface area (Å²) in [4.78, 5) is 0.861. The third-order valence-corrected chi connectivity index (χ3v) is 3.89. The molecule has 0 bridgehead atoms. The number of hydrogen-bond donors (Lipinski definition) is 3. The highest BCUT2D eigenvalue weighted by Crippen LogP contribution is 2.20. The molecule has 1 rings (SSSR count). The van der Waals surface area contributed by atoms with Crippen molar-refractivity contribution in [2.45, 2.75) is 15.9 Å². The van der Waals surface area contributed by atoms with Crippen molar-refractivity contribution in [1.29, 1.82) is 0 Å². The zero-order valence-electron chi connectivity index (χ0n) is 8.41. The minimum atomic E-state index is -3.65. The number of primary sulfonamides is 1. The lowest BCUT2D eigenvalue weighted by Crippen LogP contribution is -2.14. The van der Waals surface area contributed by atoms with Crippen LogP contribution in [-0.2, 0) is 10.0 Å². The molecule has 16 heavy (non-hydrogen) atoms. The number of benzene rings is 1. The summed E-state index contributed by atoms with van der Waals surface area (Å²) < 4.78 is 21.9. The van der Waals surface area contributed by atoms with Crippen LogP contribution in [0.25, 0.3) is 0 Å². The lowest BCUT2D eigenvalue weighted by Gasteiger charge is -2.06. The molecule has 0 saturated heterocycles. The van der Waals surface area contributed by atoms with Crippen LogP contribution in [-0.4, -0.2) is 37.1 Å². The second kappa shape index (κ2) is 5.65. The average molecular weight is 263 g/mol. The van der Waals surface area contributed by atoms with Crippen LogP contribution in [0, 0.1) is 0 Å². The first kappa shape index (κ1) is 13.5. The van der Waals surface area contributed by atoms with Crippen molar-refractivity contribution in [3.8, 4) is 0 Å². The lowest BCUT2D eigenvalue weighted by molar-refractivity contribution is 0.113. The highest BCUT2D eigenvalue weighted by atomic mass is 32.2. The Morgan fingerprint density at radius 3 is 2.31 bits per heavy atom. The standard InChI is InChI=1S/C9H13NO4S2/c10-16(13,14)9-3-1-8(2-4-9)15-6-7(12)5-11/h1-4,7,11-12H,5-6H2,(H2,10,13,14). The highest BCUT2D eigenvalue weighted by molar-refractivity contribution is 7.99. The summed E-state index contributed by atoms with van der Waals surface area (Å²) in [6, 6.07) is 6.02. The SMILES string of the molecule is NS(=O)(=O)c1ccc(SCC(O)CO)cc1. The molecule has 90 valence electrons. The summed E-state index contributed by atoms with van der Waals surface area (Å²) in [6.07, 6.45) is -0.775. The van der Waals surface area contributed by atoms with Crippen LogP contribution in [0.5, 0.6) is 0 Å². The van der Waals surface area contributed by atoms with Crippen molar-refractivity contribution < 1.29 is 18.6 Å². The van der Waals surface area contributed by atoms with E-state index in [1.807, 2.05) is 0 Å². The van der Waals surface area contributed by atoms with Gasteiger partial charge >= 0.3 is 0 Å². The van der Waals surface area contributed by atoms with E-state index in [4.69, 9.17) is 15.4 Å². The number of thioether (sulfide) groups is 1. The van der Waals surface area contributed by atoms with E-state index in [1.54, 1.807) is 12.1 Å². The maximum atomic E-state index is 11.0. The molecule has 0 saturated carbocycles. The first-order valence-electron chi connectivity index (χ1n) is 4.48. The topological polar surface area (TPSA) is 101 Å². The minimum absolute atomic E-state index is 0.0551. The van der Waals surface area contributed by atoms with Gasteiger partial charge in [-0.25, -0.2) is 13.6 Å². The molecule has 0 aliphatic rings. The van der Waals surface area contributed by atoms with Gasteiger partial charge in [0, 0.05) is 10.6 Å². The Hall–Kier alpha value is -0.600. The molecule has 7 heteroatoms. The van der Waals surface area contributed by atoms with Gasteiger partial charge in [0.1, 0.15) is 0 Å². The van der Waals surface area contributed by atoms with E-state index in [2.05, 4.69) is 0 Å². The number of sulfonamides is 1. The molecular formula is C9H13NO4S2. The van der Waals surface area contributed by atoms with Crippen LogP contribution in [0.15, 0.2) is 34.1 Å².